The predicted molar refractivity (Wildman–Crippen MR) is 83.8 cm³/mol. The lowest BCUT2D eigenvalue weighted by molar-refractivity contribution is 0.560. The second kappa shape index (κ2) is 6.21. The van der Waals surface area contributed by atoms with Crippen LogP contribution in [0.25, 0.3) is 0 Å². The zero-order chi connectivity index (χ0) is 13.8. The Balaban J connectivity index is 1.87. The Morgan fingerprint density at radius 3 is 2.10 bits per heavy atom. The Morgan fingerprint density at radius 1 is 0.900 bits per heavy atom. The van der Waals surface area contributed by atoms with E-state index < -0.39 is 0 Å². The van der Waals surface area contributed by atoms with Crippen LogP contribution in [0.1, 0.15) is 41.1 Å². The molecule has 0 aliphatic heterocycles. The topological polar surface area (TPSA) is 38.0 Å². The maximum atomic E-state index is 5.57. The molecule has 0 amide bonds. The molecule has 3 N–H and O–H groups in total. The van der Waals surface area contributed by atoms with Crippen LogP contribution in [0.5, 0.6) is 0 Å². The molecule has 0 unspecified atom stereocenters. The van der Waals surface area contributed by atoms with Crippen LogP contribution >= 0.6 is 0 Å². The third-order valence-electron chi connectivity index (χ3n) is 4.09. The third kappa shape index (κ3) is 2.62. The zero-order valence-electron chi connectivity index (χ0n) is 11.8. The van der Waals surface area contributed by atoms with E-state index in [0.29, 0.717) is 6.04 Å². The number of rotatable bonds is 5. The smallest absolute Gasteiger partial charge is 0.0582 e. The number of unbranched alkanes of at least 4 members (excludes halogenated alkanes) is 1. The maximum Gasteiger partial charge on any atom is 0.0582 e. The van der Waals surface area contributed by atoms with Gasteiger partial charge in [-0.3, -0.25) is 0 Å². The molecule has 2 aromatic rings. The van der Waals surface area contributed by atoms with E-state index in [1.807, 2.05) is 0 Å². The first kappa shape index (κ1) is 13.3. The summed E-state index contributed by atoms with van der Waals surface area (Å²) in [6, 6.07) is 17.9. The molecule has 1 aliphatic rings. The Morgan fingerprint density at radius 2 is 1.50 bits per heavy atom. The summed E-state index contributed by atoms with van der Waals surface area (Å²) in [6.45, 7) is 1.80. The van der Waals surface area contributed by atoms with Gasteiger partial charge in [-0.25, -0.2) is 0 Å². The van der Waals surface area contributed by atoms with Gasteiger partial charge in [0.15, 0.2) is 0 Å². The van der Waals surface area contributed by atoms with E-state index in [0.717, 1.165) is 32.4 Å². The summed E-state index contributed by atoms with van der Waals surface area (Å²) >= 11 is 0. The molecule has 0 radical (unpaired) electrons. The van der Waals surface area contributed by atoms with Crippen molar-refractivity contribution in [2.45, 2.75) is 25.3 Å². The molecule has 0 saturated carbocycles. The lowest BCUT2D eigenvalue weighted by Gasteiger charge is -2.29. The Bertz CT molecular complexity index is 532. The van der Waals surface area contributed by atoms with Gasteiger partial charge in [-0.2, -0.15) is 0 Å². The van der Waals surface area contributed by atoms with Crippen molar-refractivity contribution in [1.29, 1.82) is 0 Å². The van der Waals surface area contributed by atoms with Crippen molar-refractivity contribution in [2.75, 3.05) is 13.1 Å². The van der Waals surface area contributed by atoms with Crippen LogP contribution in [-0.2, 0) is 6.42 Å². The number of benzene rings is 2. The fourth-order valence-electron chi connectivity index (χ4n) is 3.06. The van der Waals surface area contributed by atoms with E-state index in [2.05, 4.69) is 53.8 Å². The largest absolute Gasteiger partial charge is 0.330 e. The first-order chi connectivity index (χ1) is 9.90. The zero-order valence-corrected chi connectivity index (χ0v) is 11.8. The van der Waals surface area contributed by atoms with Gasteiger partial charge in [-0.1, -0.05) is 48.5 Å². The van der Waals surface area contributed by atoms with Gasteiger partial charge >= 0.3 is 0 Å². The molecule has 0 spiro atoms. The lowest BCUT2D eigenvalue weighted by atomic mass is 9.82. The normalized spacial score (nSPS) is 13.8. The average molecular weight is 266 g/mol. The minimum Gasteiger partial charge on any atom is -0.330 e. The van der Waals surface area contributed by atoms with Crippen molar-refractivity contribution in [3.05, 3.63) is 70.8 Å². The van der Waals surface area contributed by atoms with Crippen LogP contribution in [0.4, 0.5) is 0 Å². The van der Waals surface area contributed by atoms with Crippen LogP contribution < -0.4 is 11.1 Å². The molecular weight excluding hydrogens is 244 g/mol. The summed E-state index contributed by atoms with van der Waals surface area (Å²) in [4.78, 5) is 0. The first-order valence-corrected chi connectivity index (χ1v) is 7.49. The number of nitrogens with one attached hydrogen (secondary N) is 1. The Kier molecular flexibility index (Phi) is 4.14. The quantitative estimate of drug-likeness (QED) is 0.816. The van der Waals surface area contributed by atoms with Crippen LogP contribution in [0, 0.1) is 0 Å². The van der Waals surface area contributed by atoms with Crippen molar-refractivity contribution >= 4 is 0 Å². The second-order valence-electron chi connectivity index (χ2n) is 5.46. The van der Waals surface area contributed by atoms with Crippen LogP contribution in [-0.4, -0.2) is 13.1 Å². The molecule has 2 aromatic carbocycles. The molecule has 0 aromatic heterocycles. The Hall–Kier alpha value is -1.64. The van der Waals surface area contributed by atoms with E-state index in [1.165, 1.54) is 22.3 Å². The van der Waals surface area contributed by atoms with Gasteiger partial charge in [0.25, 0.3) is 0 Å². The SMILES string of the molecule is NCCCCNC1c2ccccc2Cc2ccccc21. The van der Waals surface area contributed by atoms with E-state index in [4.69, 9.17) is 5.73 Å². The highest BCUT2D eigenvalue weighted by Crippen LogP contribution is 2.34. The van der Waals surface area contributed by atoms with Crippen molar-refractivity contribution in [1.82, 2.24) is 5.32 Å². The third-order valence-corrected chi connectivity index (χ3v) is 4.09. The molecule has 0 atom stereocenters. The fraction of sp³-hybridized carbons (Fsp3) is 0.333. The molecule has 0 heterocycles. The average Bonchev–Trinajstić information content (AvgIpc) is 2.50. The van der Waals surface area contributed by atoms with Gasteiger partial charge in [0.2, 0.25) is 0 Å². The molecule has 0 fully saturated rings. The second-order valence-corrected chi connectivity index (χ2v) is 5.46. The Labute approximate surface area is 121 Å². The summed E-state index contributed by atoms with van der Waals surface area (Å²) in [5.74, 6) is 0. The molecule has 20 heavy (non-hydrogen) atoms. The molecule has 0 bridgehead atoms. The number of nitrogens with two attached hydrogens (primary N) is 1. The first-order valence-electron chi connectivity index (χ1n) is 7.49. The van der Waals surface area contributed by atoms with Crippen molar-refractivity contribution in [2.24, 2.45) is 5.73 Å². The molecule has 2 nitrogen and oxygen atoms in total. The summed E-state index contributed by atoms with van der Waals surface area (Å²) in [5, 5.41) is 3.71. The van der Waals surface area contributed by atoms with Crippen molar-refractivity contribution in [3.63, 3.8) is 0 Å². The fourth-order valence-corrected chi connectivity index (χ4v) is 3.06. The lowest BCUT2D eigenvalue weighted by Crippen LogP contribution is -2.28. The van der Waals surface area contributed by atoms with Gasteiger partial charge in [-0.15, -0.1) is 0 Å². The summed E-state index contributed by atoms with van der Waals surface area (Å²) in [7, 11) is 0. The minimum absolute atomic E-state index is 0.328. The van der Waals surface area contributed by atoms with Crippen molar-refractivity contribution in [3.8, 4) is 0 Å². The standard InChI is InChI=1S/C18H22N2/c19-11-5-6-12-20-18-16-9-3-1-7-14(16)13-15-8-2-4-10-17(15)18/h1-4,7-10,18,20H,5-6,11-13,19H2. The number of hydrogen-bond donors (Lipinski definition) is 2. The summed E-state index contributed by atoms with van der Waals surface area (Å²) in [6.07, 6.45) is 3.27. The summed E-state index contributed by atoms with van der Waals surface area (Å²) in [5.41, 5.74) is 11.3. The molecule has 3 rings (SSSR count). The highest BCUT2D eigenvalue weighted by Gasteiger charge is 2.23. The van der Waals surface area contributed by atoms with Crippen LogP contribution in [0.15, 0.2) is 48.5 Å². The molecule has 1 aliphatic carbocycles. The van der Waals surface area contributed by atoms with Crippen LogP contribution in [0.2, 0.25) is 0 Å². The van der Waals surface area contributed by atoms with Gasteiger partial charge in [-0.05, 0) is 54.6 Å². The molecule has 104 valence electrons. The van der Waals surface area contributed by atoms with Gasteiger partial charge in [0.1, 0.15) is 0 Å². The van der Waals surface area contributed by atoms with Gasteiger partial charge in [0.05, 0.1) is 6.04 Å². The van der Waals surface area contributed by atoms with Crippen LogP contribution in [0.3, 0.4) is 0 Å². The van der Waals surface area contributed by atoms with E-state index >= 15 is 0 Å². The van der Waals surface area contributed by atoms with E-state index in [-0.39, 0.29) is 0 Å². The number of hydrogen-bond acceptors (Lipinski definition) is 2. The highest BCUT2D eigenvalue weighted by atomic mass is 14.9. The number of fused-ring (bicyclic) bond motifs is 2. The van der Waals surface area contributed by atoms with Gasteiger partial charge in [0, 0.05) is 0 Å². The van der Waals surface area contributed by atoms with Gasteiger partial charge < -0.3 is 11.1 Å². The van der Waals surface area contributed by atoms with Crippen molar-refractivity contribution < 1.29 is 0 Å². The molecule has 0 saturated heterocycles. The molecule has 2 heteroatoms. The van der Waals surface area contributed by atoms with E-state index in [9.17, 15) is 0 Å². The predicted octanol–water partition coefficient (Wildman–Crippen LogP) is 3.01. The van der Waals surface area contributed by atoms with E-state index in [1.54, 1.807) is 0 Å². The maximum absolute atomic E-state index is 5.57. The minimum atomic E-state index is 0.328. The summed E-state index contributed by atoms with van der Waals surface area (Å²) < 4.78 is 0. The molecular formula is C18H22N2. The highest BCUT2D eigenvalue weighted by molar-refractivity contribution is 5.48. The monoisotopic (exact) mass is 266 g/mol.